The van der Waals surface area contributed by atoms with Gasteiger partial charge in [-0.1, -0.05) is 12.1 Å². The third-order valence-corrected chi connectivity index (χ3v) is 2.37. The maximum atomic E-state index is 13.0. The normalized spacial score (nSPS) is 10.1. The van der Waals surface area contributed by atoms with Crippen molar-refractivity contribution >= 4 is 6.29 Å². The molecular weight excluding hydrogens is 205 g/mol. The Bertz CT molecular complexity index is 537. The summed E-state index contributed by atoms with van der Waals surface area (Å²) in [5.74, 6) is -0.295. The number of aryl methyl sites for hydroxylation is 1. The standard InChI is InChI=1S/C13H10FNO/c1-9-11(8-16)5-6-13(15-9)10-3-2-4-12(14)7-10/h2-8H,1H3. The van der Waals surface area contributed by atoms with Crippen LogP contribution in [0.15, 0.2) is 36.4 Å². The Kier molecular flexibility index (Phi) is 2.77. The van der Waals surface area contributed by atoms with Crippen molar-refractivity contribution in [3.05, 3.63) is 53.5 Å². The zero-order valence-electron chi connectivity index (χ0n) is 8.77. The highest BCUT2D eigenvalue weighted by molar-refractivity contribution is 5.77. The number of hydrogen-bond acceptors (Lipinski definition) is 2. The van der Waals surface area contributed by atoms with Crippen LogP contribution in [0.1, 0.15) is 16.1 Å². The molecule has 1 aromatic heterocycles. The first-order valence-electron chi connectivity index (χ1n) is 4.89. The van der Waals surface area contributed by atoms with E-state index in [2.05, 4.69) is 4.98 Å². The maximum Gasteiger partial charge on any atom is 0.151 e. The summed E-state index contributed by atoms with van der Waals surface area (Å²) >= 11 is 0. The Hall–Kier alpha value is -2.03. The molecule has 0 fully saturated rings. The van der Waals surface area contributed by atoms with Gasteiger partial charge < -0.3 is 0 Å². The number of hydrogen-bond donors (Lipinski definition) is 0. The summed E-state index contributed by atoms with van der Waals surface area (Å²) < 4.78 is 13.0. The minimum atomic E-state index is -0.295. The molecular formula is C13H10FNO. The molecule has 0 saturated carbocycles. The number of carbonyl (C=O) groups is 1. The highest BCUT2D eigenvalue weighted by atomic mass is 19.1. The fourth-order valence-corrected chi connectivity index (χ4v) is 1.50. The number of aromatic nitrogens is 1. The molecule has 2 aromatic rings. The molecule has 2 nitrogen and oxygen atoms in total. The van der Waals surface area contributed by atoms with Gasteiger partial charge in [0.1, 0.15) is 5.82 Å². The molecule has 1 aromatic carbocycles. The third kappa shape index (κ3) is 1.98. The molecule has 0 bridgehead atoms. The Morgan fingerprint density at radius 3 is 2.69 bits per heavy atom. The van der Waals surface area contributed by atoms with Crippen molar-refractivity contribution in [1.82, 2.24) is 4.98 Å². The highest BCUT2D eigenvalue weighted by Crippen LogP contribution is 2.19. The zero-order chi connectivity index (χ0) is 11.5. The average Bonchev–Trinajstić information content (AvgIpc) is 2.29. The van der Waals surface area contributed by atoms with E-state index in [-0.39, 0.29) is 5.82 Å². The van der Waals surface area contributed by atoms with E-state index < -0.39 is 0 Å². The van der Waals surface area contributed by atoms with Gasteiger partial charge in [0, 0.05) is 16.8 Å². The third-order valence-electron chi connectivity index (χ3n) is 2.37. The lowest BCUT2D eigenvalue weighted by molar-refractivity contribution is 0.112. The van der Waals surface area contributed by atoms with Crippen molar-refractivity contribution in [2.45, 2.75) is 6.92 Å². The number of aldehydes is 1. The largest absolute Gasteiger partial charge is 0.298 e. The number of halogens is 1. The highest BCUT2D eigenvalue weighted by Gasteiger charge is 2.03. The van der Waals surface area contributed by atoms with Crippen LogP contribution in [-0.4, -0.2) is 11.3 Å². The van der Waals surface area contributed by atoms with Gasteiger partial charge in [-0.15, -0.1) is 0 Å². The SMILES string of the molecule is Cc1nc(-c2cccc(F)c2)ccc1C=O. The fraction of sp³-hybridized carbons (Fsp3) is 0.0769. The van der Waals surface area contributed by atoms with Crippen molar-refractivity contribution < 1.29 is 9.18 Å². The molecule has 0 saturated heterocycles. The van der Waals surface area contributed by atoms with Gasteiger partial charge in [0.2, 0.25) is 0 Å². The van der Waals surface area contributed by atoms with E-state index in [0.29, 0.717) is 22.5 Å². The van der Waals surface area contributed by atoms with Gasteiger partial charge in [0.05, 0.1) is 5.69 Å². The molecule has 16 heavy (non-hydrogen) atoms. The molecule has 2 rings (SSSR count). The van der Waals surface area contributed by atoms with Gasteiger partial charge in [-0.2, -0.15) is 0 Å². The topological polar surface area (TPSA) is 30.0 Å². The van der Waals surface area contributed by atoms with Crippen LogP contribution in [0.3, 0.4) is 0 Å². The van der Waals surface area contributed by atoms with Gasteiger partial charge >= 0.3 is 0 Å². The molecule has 0 unspecified atom stereocenters. The van der Waals surface area contributed by atoms with Gasteiger partial charge in [-0.25, -0.2) is 4.39 Å². The van der Waals surface area contributed by atoms with Crippen molar-refractivity contribution in [3.63, 3.8) is 0 Å². The monoisotopic (exact) mass is 215 g/mol. The minimum absolute atomic E-state index is 0.295. The summed E-state index contributed by atoms with van der Waals surface area (Å²) in [4.78, 5) is 14.9. The predicted molar refractivity (Wildman–Crippen MR) is 59.8 cm³/mol. The summed E-state index contributed by atoms with van der Waals surface area (Å²) in [7, 11) is 0. The van der Waals surface area contributed by atoms with Crippen molar-refractivity contribution in [2.24, 2.45) is 0 Å². The van der Waals surface area contributed by atoms with Gasteiger partial charge in [-0.05, 0) is 31.2 Å². The van der Waals surface area contributed by atoms with E-state index in [0.717, 1.165) is 6.29 Å². The van der Waals surface area contributed by atoms with Gasteiger partial charge in [-0.3, -0.25) is 9.78 Å². The van der Waals surface area contributed by atoms with Gasteiger partial charge in [0.25, 0.3) is 0 Å². The quantitative estimate of drug-likeness (QED) is 0.721. The second-order valence-electron chi connectivity index (χ2n) is 3.50. The molecule has 3 heteroatoms. The van der Waals surface area contributed by atoms with Crippen LogP contribution in [0.4, 0.5) is 4.39 Å². The molecule has 0 aliphatic rings. The number of rotatable bonds is 2. The lowest BCUT2D eigenvalue weighted by Crippen LogP contribution is -1.93. The molecule has 1 heterocycles. The summed E-state index contributed by atoms with van der Waals surface area (Å²) in [5.41, 5.74) is 2.58. The summed E-state index contributed by atoms with van der Waals surface area (Å²) in [5, 5.41) is 0. The first-order valence-corrected chi connectivity index (χ1v) is 4.89. The van der Waals surface area contributed by atoms with Crippen molar-refractivity contribution in [2.75, 3.05) is 0 Å². The zero-order valence-corrected chi connectivity index (χ0v) is 8.77. The van der Waals surface area contributed by atoms with Crippen LogP contribution in [0.5, 0.6) is 0 Å². The number of nitrogens with zero attached hydrogens (tertiary/aromatic N) is 1. The lowest BCUT2D eigenvalue weighted by atomic mass is 10.1. The van der Waals surface area contributed by atoms with E-state index in [1.54, 1.807) is 31.2 Å². The number of carbonyl (C=O) groups excluding carboxylic acids is 1. The lowest BCUT2D eigenvalue weighted by Gasteiger charge is -2.03. The van der Waals surface area contributed by atoms with Crippen LogP contribution in [0.25, 0.3) is 11.3 Å². The van der Waals surface area contributed by atoms with Crippen molar-refractivity contribution in [1.29, 1.82) is 0 Å². The first-order chi connectivity index (χ1) is 7.70. The molecule has 0 N–H and O–H groups in total. The molecule has 0 radical (unpaired) electrons. The van der Waals surface area contributed by atoms with Crippen LogP contribution >= 0.6 is 0 Å². The Morgan fingerprint density at radius 2 is 2.06 bits per heavy atom. The van der Waals surface area contributed by atoms with Crippen LogP contribution < -0.4 is 0 Å². The first kappa shape index (κ1) is 10.5. The van der Waals surface area contributed by atoms with Crippen molar-refractivity contribution in [3.8, 4) is 11.3 Å². The van der Waals surface area contributed by atoms with E-state index >= 15 is 0 Å². The predicted octanol–water partition coefficient (Wildman–Crippen LogP) is 3.01. The molecule has 0 aliphatic carbocycles. The minimum Gasteiger partial charge on any atom is -0.298 e. The van der Waals surface area contributed by atoms with E-state index in [4.69, 9.17) is 0 Å². The average molecular weight is 215 g/mol. The second kappa shape index (κ2) is 4.23. The van der Waals surface area contributed by atoms with E-state index in [1.165, 1.54) is 12.1 Å². The van der Waals surface area contributed by atoms with Gasteiger partial charge in [0.15, 0.2) is 6.29 Å². The fourth-order valence-electron chi connectivity index (χ4n) is 1.50. The molecule has 0 spiro atoms. The molecule has 80 valence electrons. The maximum absolute atomic E-state index is 13.0. The molecule has 0 amide bonds. The summed E-state index contributed by atoms with van der Waals surface area (Å²) in [6.07, 6.45) is 0.762. The Labute approximate surface area is 92.8 Å². The summed E-state index contributed by atoms with van der Waals surface area (Å²) in [6, 6.07) is 9.63. The second-order valence-corrected chi connectivity index (χ2v) is 3.50. The molecule has 0 atom stereocenters. The van der Waals surface area contributed by atoms with Crippen LogP contribution in [0.2, 0.25) is 0 Å². The Morgan fingerprint density at radius 1 is 1.25 bits per heavy atom. The van der Waals surface area contributed by atoms with E-state index in [1.807, 2.05) is 0 Å². The summed E-state index contributed by atoms with van der Waals surface area (Å²) in [6.45, 7) is 1.76. The smallest absolute Gasteiger partial charge is 0.151 e. The Balaban J connectivity index is 2.49. The van der Waals surface area contributed by atoms with Crippen LogP contribution in [-0.2, 0) is 0 Å². The number of pyridine rings is 1. The van der Waals surface area contributed by atoms with Crippen LogP contribution in [0, 0.1) is 12.7 Å². The van der Waals surface area contributed by atoms with E-state index in [9.17, 15) is 9.18 Å². The number of benzene rings is 1. The molecule has 0 aliphatic heterocycles.